The number of hydrogen-bond acceptors (Lipinski definition) is 4. The van der Waals surface area contributed by atoms with Gasteiger partial charge < -0.3 is 11.1 Å². The molecule has 1 atom stereocenters. The third-order valence-electron chi connectivity index (χ3n) is 2.13. The Hall–Kier alpha value is -1.43. The van der Waals surface area contributed by atoms with Gasteiger partial charge >= 0.3 is 0 Å². The van der Waals surface area contributed by atoms with Crippen LogP contribution in [0.25, 0.3) is 0 Å². The molecule has 1 aliphatic rings. The zero-order chi connectivity index (χ0) is 9.26. The topological polar surface area (TPSA) is 85.8 Å². The molecule has 1 unspecified atom stereocenters. The number of fused-ring (bicyclic) bond motifs is 1. The first kappa shape index (κ1) is 8.18. The maximum absolute atomic E-state index is 11.4. The van der Waals surface area contributed by atoms with Gasteiger partial charge in [-0.2, -0.15) is 5.10 Å². The molecule has 13 heavy (non-hydrogen) atoms. The highest BCUT2D eigenvalue weighted by Crippen LogP contribution is 2.05. The molecule has 0 saturated heterocycles. The van der Waals surface area contributed by atoms with Crippen molar-refractivity contribution >= 4 is 5.91 Å². The van der Waals surface area contributed by atoms with Crippen molar-refractivity contribution in [2.24, 2.45) is 11.7 Å². The van der Waals surface area contributed by atoms with E-state index in [0.717, 1.165) is 0 Å². The van der Waals surface area contributed by atoms with E-state index in [1.165, 1.54) is 6.33 Å². The van der Waals surface area contributed by atoms with Crippen LogP contribution in [0.1, 0.15) is 10.6 Å². The smallest absolute Gasteiger partial charge is 0.288 e. The Bertz CT molecular complexity index is 320. The van der Waals surface area contributed by atoms with E-state index in [4.69, 9.17) is 5.73 Å². The Morgan fingerprint density at radius 2 is 2.62 bits per heavy atom. The molecule has 2 heterocycles. The standard InChI is InChI=1S/C7H11N5O/c8-1-5-2-9-7(13)6-10-4-11-12(6)3-5/h4-5H,1-3,8H2,(H,9,13). The molecule has 0 bridgehead atoms. The Labute approximate surface area is 75.1 Å². The molecule has 0 aromatic carbocycles. The summed E-state index contributed by atoms with van der Waals surface area (Å²) in [6.07, 6.45) is 1.38. The third-order valence-corrected chi connectivity index (χ3v) is 2.13. The summed E-state index contributed by atoms with van der Waals surface area (Å²) in [7, 11) is 0. The molecule has 0 fully saturated rings. The van der Waals surface area contributed by atoms with Crippen LogP contribution in [-0.4, -0.2) is 33.8 Å². The maximum Gasteiger partial charge on any atom is 0.288 e. The molecule has 1 aromatic heterocycles. The number of nitrogens with two attached hydrogens (primary N) is 1. The van der Waals surface area contributed by atoms with Crippen LogP contribution < -0.4 is 11.1 Å². The van der Waals surface area contributed by atoms with Crippen molar-refractivity contribution in [3.63, 3.8) is 0 Å². The van der Waals surface area contributed by atoms with E-state index in [9.17, 15) is 4.79 Å². The molecule has 6 heteroatoms. The molecule has 2 rings (SSSR count). The lowest BCUT2D eigenvalue weighted by molar-refractivity contribution is 0.0943. The Morgan fingerprint density at radius 1 is 1.77 bits per heavy atom. The van der Waals surface area contributed by atoms with Crippen molar-refractivity contribution in [3.8, 4) is 0 Å². The molecule has 1 aliphatic heterocycles. The number of amides is 1. The van der Waals surface area contributed by atoms with Crippen LogP contribution in [-0.2, 0) is 6.54 Å². The van der Waals surface area contributed by atoms with Gasteiger partial charge in [-0.3, -0.25) is 4.79 Å². The fourth-order valence-corrected chi connectivity index (χ4v) is 1.36. The van der Waals surface area contributed by atoms with E-state index in [2.05, 4.69) is 15.4 Å². The van der Waals surface area contributed by atoms with E-state index >= 15 is 0 Å². The first-order valence-electron chi connectivity index (χ1n) is 4.17. The third kappa shape index (κ3) is 1.40. The Balaban J connectivity index is 2.30. The minimum Gasteiger partial charge on any atom is -0.349 e. The molecule has 70 valence electrons. The first-order valence-corrected chi connectivity index (χ1v) is 4.17. The quantitative estimate of drug-likeness (QED) is 0.557. The first-order chi connectivity index (χ1) is 6.31. The van der Waals surface area contributed by atoms with Gasteiger partial charge in [0.25, 0.3) is 5.91 Å². The second kappa shape index (κ2) is 3.14. The number of carbonyl (C=O) groups is 1. The molecule has 0 radical (unpaired) electrons. The van der Waals surface area contributed by atoms with Crippen LogP contribution in [0.3, 0.4) is 0 Å². The summed E-state index contributed by atoms with van der Waals surface area (Å²) >= 11 is 0. The lowest BCUT2D eigenvalue weighted by Crippen LogP contribution is -2.30. The summed E-state index contributed by atoms with van der Waals surface area (Å²) in [5.74, 6) is 0.441. The van der Waals surface area contributed by atoms with Gasteiger partial charge in [0.2, 0.25) is 5.82 Å². The molecule has 6 nitrogen and oxygen atoms in total. The number of aromatic nitrogens is 3. The van der Waals surface area contributed by atoms with E-state index in [1.54, 1.807) is 4.68 Å². The highest BCUT2D eigenvalue weighted by atomic mass is 16.2. The van der Waals surface area contributed by atoms with Crippen LogP contribution in [0, 0.1) is 5.92 Å². The van der Waals surface area contributed by atoms with Crippen molar-refractivity contribution < 1.29 is 4.79 Å². The Kier molecular flexibility index (Phi) is 1.97. The van der Waals surface area contributed by atoms with E-state index in [0.29, 0.717) is 25.5 Å². The second-order valence-corrected chi connectivity index (χ2v) is 3.08. The number of nitrogens with zero attached hydrogens (tertiary/aromatic N) is 3. The van der Waals surface area contributed by atoms with Gasteiger partial charge in [0.05, 0.1) is 0 Å². The molecule has 1 amide bonds. The summed E-state index contributed by atoms with van der Waals surface area (Å²) in [5.41, 5.74) is 5.53. The van der Waals surface area contributed by atoms with Crippen molar-refractivity contribution in [1.82, 2.24) is 20.1 Å². The lowest BCUT2D eigenvalue weighted by Gasteiger charge is -2.10. The maximum atomic E-state index is 11.4. The van der Waals surface area contributed by atoms with Gasteiger partial charge in [-0.15, -0.1) is 0 Å². The van der Waals surface area contributed by atoms with Gasteiger partial charge in [-0.1, -0.05) is 0 Å². The van der Waals surface area contributed by atoms with Crippen molar-refractivity contribution in [2.75, 3.05) is 13.1 Å². The van der Waals surface area contributed by atoms with E-state index < -0.39 is 0 Å². The van der Waals surface area contributed by atoms with Gasteiger partial charge in [-0.05, 0) is 6.54 Å². The van der Waals surface area contributed by atoms with Crippen molar-refractivity contribution in [1.29, 1.82) is 0 Å². The van der Waals surface area contributed by atoms with E-state index in [1.807, 2.05) is 0 Å². The molecule has 1 aromatic rings. The van der Waals surface area contributed by atoms with Crippen molar-refractivity contribution in [3.05, 3.63) is 12.2 Å². The fraction of sp³-hybridized carbons (Fsp3) is 0.571. The zero-order valence-electron chi connectivity index (χ0n) is 7.10. The highest BCUT2D eigenvalue weighted by Gasteiger charge is 2.21. The normalized spacial score (nSPS) is 21.9. The molecule has 0 saturated carbocycles. The van der Waals surface area contributed by atoms with Gasteiger partial charge in [0, 0.05) is 19.0 Å². The minimum absolute atomic E-state index is 0.173. The summed E-state index contributed by atoms with van der Waals surface area (Å²) in [6, 6.07) is 0. The van der Waals surface area contributed by atoms with E-state index in [-0.39, 0.29) is 11.8 Å². The zero-order valence-corrected chi connectivity index (χ0v) is 7.10. The van der Waals surface area contributed by atoms with Crippen LogP contribution in [0.15, 0.2) is 6.33 Å². The second-order valence-electron chi connectivity index (χ2n) is 3.08. The molecule has 0 spiro atoms. The average molecular weight is 181 g/mol. The SMILES string of the molecule is NCC1CNC(=O)c2ncnn2C1. The summed E-state index contributed by atoms with van der Waals surface area (Å²) in [6.45, 7) is 1.80. The Morgan fingerprint density at radius 3 is 3.38 bits per heavy atom. The largest absolute Gasteiger partial charge is 0.349 e. The molecule has 0 aliphatic carbocycles. The number of carbonyl (C=O) groups excluding carboxylic acids is 1. The van der Waals surface area contributed by atoms with Crippen molar-refractivity contribution in [2.45, 2.75) is 6.54 Å². The summed E-state index contributed by atoms with van der Waals surface area (Å²) < 4.78 is 1.60. The molecular weight excluding hydrogens is 170 g/mol. The monoisotopic (exact) mass is 181 g/mol. The number of rotatable bonds is 1. The summed E-state index contributed by atoms with van der Waals surface area (Å²) in [5, 5.41) is 6.70. The van der Waals surface area contributed by atoms with Crippen LogP contribution >= 0.6 is 0 Å². The summed E-state index contributed by atoms with van der Waals surface area (Å²) in [4.78, 5) is 15.2. The minimum atomic E-state index is -0.173. The predicted octanol–water partition coefficient (Wildman–Crippen LogP) is -1.40. The van der Waals surface area contributed by atoms with Gasteiger partial charge in [0.15, 0.2) is 0 Å². The average Bonchev–Trinajstić information content (AvgIpc) is 2.54. The lowest BCUT2D eigenvalue weighted by atomic mass is 10.1. The van der Waals surface area contributed by atoms with Gasteiger partial charge in [0.1, 0.15) is 6.33 Å². The fourth-order valence-electron chi connectivity index (χ4n) is 1.36. The molecule has 3 N–H and O–H groups in total. The number of nitrogens with one attached hydrogen (secondary N) is 1. The highest BCUT2D eigenvalue weighted by molar-refractivity contribution is 5.90. The van der Waals surface area contributed by atoms with Crippen LogP contribution in [0.4, 0.5) is 0 Å². The predicted molar refractivity (Wildman–Crippen MR) is 44.9 cm³/mol. The van der Waals surface area contributed by atoms with Gasteiger partial charge in [-0.25, -0.2) is 9.67 Å². The number of hydrogen-bond donors (Lipinski definition) is 2. The van der Waals surface area contributed by atoms with Crippen LogP contribution in [0.5, 0.6) is 0 Å². The molecular formula is C7H11N5O. The van der Waals surface area contributed by atoms with Crippen LogP contribution in [0.2, 0.25) is 0 Å².